The second-order valence-corrected chi connectivity index (χ2v) is 5.58. The molecule has 1 saturated heterocycles. The molecule has 0 N–H and O–H groups in total. The summed E-state index contributed by atoms with van der Waals surface area (Å²) in [5, 5.41) is 0. The van der Waals surface area contributed by atoms with Gasteiger partial charge in [-0.3, -0.25) is 9.59 Å². The maximum atomic E-state index is 12.6. The van der Waals surface area contributed by atoms with Crippen molar-refractivity contribution in [3.8, 4) is 0 Å². The van der Waals surface area contributed by atoms with Crippen molar-refractivity contribution in [1.29, 1.82) is 0 Å². The molecule has 2 bridgehead atoms. The van der Waals surface area contributed by atoms with E-state index in [0.717, 1.165) is 6.42 Å². The van der Waals surface area contributed by atoms with Crippen LogP contribution in [0.2, 0.25) is 0 Å². The van der Waals surface area contributed by atoms with Gasteiger partial charge in [-0.2, -0.15) is 0 Å². The van der Waals surface area contributed by atoms with Crippen molar-refractivity contribution in [2.24, 2.45) is 23.2 Å². The first kappa shape index (κ1) is 9.63. The first-order valence-electron chi connectivity index (χ1n) is 6.32. The lowest BCUT2D eigenvalue weighted by molar-refractivity contribution is -0.167. The molecule has 4 aliphatic rings. The fourth-order valence-corrected chi connectivity index (χ4v) is 4.30. The van der Waals surface area contributed by atoms with E-state index in [0.29, 0.717) is 24.5 Å². The van der Waals surface area contributed by atoms with E-state index in [1.54, 1.807) is 0 Å². The minimum atomic E-state index is -0.426. The molecule has 1 saturated carbocycles. The molecule has 4 rings (SSSR count). The van der Waals surface area contributed by atoms with E-state index in [-0.39, 0.29) is 23.9 Å². The van der Waals surface area contributed by atoms with Gasteiger partial charge in [0, 0.05) is 12.3 Å². The highest BCUT2D eigenvalue weighted by Gasteiger charge is 2.65. The van der Waals surface area contributed by atoms with Gasteiger partial charge in [0.1, 0.15) is 6.10 Å². The number of hydrogen-bond donors (Lipinski definition) is 0. The summed E-state index contributed by atoms with van der Waals surface area (Å²) < 4.78 is 5.41. The number of carbonyl (C=O) groups excluding carboxylic acids is 2. The standard InChI is InChI=1S/C14H14O3/c15-12-6-7-14-10-3-1-2-8(10)9(13(14)16)4-5-11(14)17-12/h1,3-5,8-11H,2,6-7H2/t8-,9+,10-,11-,14+/m1/s1. The van der Waals surface area contributed by atoms with Gasteiger partial charge < -0.3 is 4.74 Å². The van der Waals surface area contributed by atoms with E-state index < -0.39 is 5.41 Å². The Morgan fingerprint density at radius 2 is 2.12 bits per heavy atom. The molecule has 1 spiro atoms. The number of carbonyl (C=O) groups is 2. The smallest absolute Gasteiger partial charge is 0.306 e. The average molecular weight is 230 g/mol. The summed E-state index contributed by atoms with van der Waals surface area (Å²) in [6.45, 7) is 0. The second kappa shape index (κ2) is 2.89. The molecule has 3 nitrogen and oxygen atoms in total. The third-order valence-corrected chi connectivity index (χ3v) is 5.03. The molecule has 1 aliphatic heterocycles. The number of rotatable bonds is 0. The molecule has 5 atom stereocenters. The molecular formula is C14H14O3. The zero-order valence-electron chi connectivity index (χ0n) is 9.46. The van der Waals surface area contributed by atoms with Crippen molar-refractivity contribution in [3.63, 3.8) is 0 Å². The molecule has 17 heavy (non-hydrogen) atoms. The summed E-state index contributed by atoms with van der Waals surface area (Å²) in [7, 11) is 0. The molecule has 0 aromatic heterocycles. The van der Waals surface area contributed by atoms with E-state index in [4.69, 9.17) is 4.74 Å². The minimum Gasteiger partial charge on any atom is -0.457 e. The number of esters is 1. The van der Waals surface area contributed by atoms with Gasteiger partial charge in [-0.15, -0.1) is 0 Å². The van der Waals surface area contributed by atoms with Gasteiger partial charge in [0.15, 0.2) is 5.78 Å². The van der Waals surface area contributed by atoms with E-state index in [2.05, 4.69) is 12.2 Å². The highest BCUT2D eigenvalue weighted by atomic mass is 16.5. The summed E-state index contributed by atoms with van der Waals surface area (Å²) in [6.07, 6.45) is 10.0. The van der Waals surface area contributed by atoms with Crippen LogP contribution in [0, 0.1) is 23.2 Å². The molecule has 3 heteroatoms. The molecule has 0 amide bonds. The summed E-state index contributed by atoms with van der Waals surface area (Å²) >= 11 is 0. The molecule has 3 aliphatic carbocycles. The van der Waals surface area contributed by atoms with Crippen molar-refractivity contribution in [3.05, 3.63) is 24.3 Å². The summed E-state index contributed by atoms with van der Waals surface area (Å²) in [5.74, 6) is 0.913. The lowest BCUT2D eigenvalue weighted by Gasteiger charge is -2.42. The first-order valence-corrected chi connectivity index (χ1v) is 6.32. The maximum absolute atomic E-state index is 12.6. The monoisotopic (exact) mass is 230 g/mol. The zero-order valence-corrected chi connectivity index (χ0v) is 9.46. The normalized spacial score (nSPS) is 50.1. The van der Waals surface area contributed by atoms with Crippen LogP contribution in [0.3, 0.4) is 0 Å². The Bertz CT molecular complexity index is 476. The largest absolute Gasteiger partial charge is 0.457 e. The van der Waals surface area contributed by atoms with Gasteiger partial charge in [0.05, 0.1) is 5.41 Å². The Balaban J connectivity index is 1.87. The number of ketones is 1. The maximum Gasteiger partial charge on any atom is 0.306 e. The van der Waals surface area contributed by atoms with Crippen LogP contribution in [-0.2, 0) is 14.3 Å². The summed E-state index contributed by atoms with van der Waals surface area (Å²) in [4.78, 5) is 24.0. The van der Waals surface area contributed by atoms with Crippen LogP contribution in [0.15, 0.2) is 24.3 Å². The number of fused-ring (bicyclic) bond motifs is 3. The molecular weight excluding hydrogens is 216 g/mol. The van der Waals surface area contributed by atoms with Gasteiger partial charge >= 0.3 is 5.97 Å². The van der Waals surface area contributed by atoms with Crippen LogP contribution in [0.1, 0.15) is 19.3 Å². The summed E-state index contributed by atoms with van der Waals surface area (Å²) in [5.41, 5.74) is -0.426. The molecule has 0 aromatic rings. The summed E-state index contributed by atoms with van der Waals surface area (Å²) in [6, 6.07) is 0. The SMILES string of the molecule is O=C1CC[C@@]23C(=O)[C@@H](C=C[C@H]2O1)[C@H]1CC=C[C@H]13. The van der Waals surface area contributed by atoms with Crippen LogP contribution in [-0.4, -0.2) is 17.9 Å². The van der Waals surface area contributed by atoms with E-state index in [1.807, 2.05) is 12.2 Å². The first-order chi connectivity index (χ1) is 8.23. The van der Waals surface area contributed by atoms with Crippen LogP contribution in [0.5, 0.6) is 0 Å². The zero-order chi connectivity index (χ0) is 11.6. The topological polar surface area (TPSA) is 43.4 Å². The fraction of sp³-hybridized carbons (Fsp3) is 0.571. The molecule has 0 radical (unpaired) electrons. The van der Waals surface area contributed by atoms with Gasteiger partial charge in [0.25, 0.3) is 0 Å². The van der Waals surface area contributed by atoms with Crippen molar-refractivity contribution in [1.82, 2.24) is 0 Å². The molecule has 0 aromatic carbocycles. The van der Waals surface area contributed by atoms with Crippen LogP contribution in [0.4, 0.5) is 0 Å². The number of hydrogen-bond acceptors (Lipinski definition) is 3. The van der Waals surface area contributed by atoms with Crippen LogP contribution in [0.25, 0.3) is 0 Å². The van der Waals surface area contributed by atoms with Gasteiger partial charge in [-0.05, 0) is 30.8 Å². The van der Waals surface area contributed by atoms with Crippen molar-refractivity contribution >= 4 is 11.8 Å². The Kier molecular flexibility index (Phi) is 1.64. The van der Waals surface area contributed by atoms with E-state index in [1.165, 1.54) is 0 Å². The quantitative estimate of drug-likeness (QED) is 0.469. The van der Waals surface area contributed by atoms with E-state index in [9.17, 15) is 9.59 Å². The number of Topliss-reactive ketones (excluding diaryl/α,β-unsaturated/α-hetero) is 1. The Morgan fingerprint density at radius 1 is 1.24 bits per heavy atom. The van der Waals surface area contributed by atoms with Gasteiger partial charge in [-0.25, -0.2) is 0 Å². The predicted octanol–water partition coefficient (Wildman–Crippen LogP) is 1.64. The lowest BCUT2D eigenvalue weighted by Crippen LogP contribution is -2.50. The second-order valence-electron chi connectivity index (χ2n) is 5.58. The van der Waals surface area contributed by atoms with Gasteiger partial charge in [0.2, 0.25) is 0 Å². The molecule has 0 unspecified atom stereocenters. The Morgan fingerprint density at radius 3 is 3.00 bits per heavy atom. The Labute approximate surface area is 99.5 Å². The fourth-order valence-electron chi connectivity index (χ4n) is 4.30. The van der Waals surface area contributed by atoms with Crippen LogP contribution < -0.4 is 0 Å². The average Bonchev–Trinajstić information content (AvgIpc) is 2.82. The van der Waals surface area contributed by atoms with Crippen molar-refractivity contribution in [2.75, 3.05) is 0 Å². The lowest BCUT2D eigenvalue weighted by atomic mass is 9.66. The Hall–Kier alpha value is -1.38. The third kappa shape index (κ3) is 0.946. The van der Waals surface area contributed by atoms with Crippen LogP contribution >= 0.6 is 0 Å². The third-order valence-electron chi connectivity index (χ3n) is 5.03. The molecule has 2 fully saturated rings. The highest BCUT2D eigenvalue weighted by Crippen LogP contribution is 2.60. The van der Waals surface area contributed by atoms with Crippen molar-refractivity contribution in [2.45, 2.75) is 25.4 Å². The number of ether oxygens (including phenoxy) is 1. The molecule has 88 valence electrons. The number of allylic oxidation sites excluding steroid dienone is 3. The molecule has 1 heterocycles. The van der Waals surface area contributed by atoms with Crippen molar-refractivity contribution < 1.29 is 14.3 Å². The van der Waals surface area contributed by atoms with Gasteiger partial charge in [-0.1, -0.05) is 18.2 Å². The highest BCUT2D eigenvalue weighted by molar-refractivity contribution is 5.95. The predicted molar refractivity (Wildman–Crippen MR) is 59.9 cm³/mol. The van der Waals surface area contributed by atoms with E-state index >= 15 is 0 Å². The minimum absolute atomic E-state index is 0.0584.